The van der Waals surface area contributed by atoms with Crippen LogP contribution in [-0.2, 0) is 0 Å². The molecule has 0 atom stereocenters. The number of anilines is 3. The average Bonchev–Trinajstić information content (AvgIpc) is 2.53. The number of rotatable bonds is 1. The van der Waals surface area contributed by atoms with Crippen molar-refractivity contribution in [2.24, 2.45) is 0 Å². The molecule has 0 saturated carbocycles. The van der Waals surface area contributed by atoms with E-state index in [0.717, 1.165) is 0 Å². The van der Waals surface area contributed by atoms with Gasteiger partial charge in [0.05, 0.1) is 11.4 Å². The van der Waals surface area contributed by atoms with E-state index in [4.69, 9.17) is 0 Å². The third kappa shape index (κ3) is 2.11. The molecule has 3 aromatic rings. The summed E-state index contributed by atoms with van der Waals surface area (Å²) in [6.07, 6.45) is 0. The van der Waals surface area contributed by atoms with E-state index in [1.807, 2.05) is 11.8 Å². The third-order valence-corrected chi connectivity index (χ3v) is 5.31. The fourth-order valence-electron chi connectivity index (χ4n) is 2.96. The predicted octanol–water partition coefficient (Wildman–Crippen LogP) is 6.24. The minimum Gasteiger partial charge on any atom is -0.308 e. The predicted molar refractivity (Wildman–Crippen MR) is 94.7 cm³/mol. The van der Waals surface area contributed by atoms with Crippen LogP contribution in [0.1, 0.15) is 11.1 Å². The summed E-state index contributed by atoms with van der Waals surface area (Å²) in [4.78, 5) is 5.04. The van der Waals surface area contributed by atoms with Gasteiger partial charge in [-0.1, -0.05) is 48.2 Å². The highest BCUT2D eigenvalue weighted by Gasteiger charge is 2.25. The van der Waals surface area contributed by atoms with Gasteiger partial charge in [-0.3, -0.25) is 0 Å². The topological polar surface area (TPSA) is 3.24 Å². The van der Waals surface area contributed by atoms with Gasteiger partial charge >= 0.3 is 0 Å². The van der Waals surface area contributed by atoms with Crippen molar-refractivity contribution in [2.45, 2.75) is 23.6 Å². The van der Waals surface area contributed by atoms with Crippen LogP contribution >= 0.6 is 11.8 Å². The number of hydrogen-bond donors (Lipinski definition) is 0. The Bertz CT molecular complexity index is 854. The Morgan fingerprint density at radius 2 is 1.55 bits per heavy atom. The van der Waals surface area contributed by atoms with Crippen LogP contribution in [0.5, 0.6) is 0 Å². The summed E-state index contributed by atoms with van der Waals surface area (Å²) >= 11 is 1.87. The molecule has 3 aromatic carbocycles. The summed E-state index contributed by atoms with van der Waals surface area (Å²) in [5.74, 6) is 0. The molecule has 4 rings (SSSR count). The van der Waals surface area contributed by atoms with Gasteiger partial charge < -0.3 is 4.90 Å². The molecule has 0 N–H and O–H groups in total. The molecule has 2 heteroatoms. The van der Waals surface area contributed by atoms with E-state index < -0.39 is 0 Å². The first-order chi connectivity index (χ1) is 10.7. The number of para-hydroxylation sites is 1. The van der Waals surface area contributed by atoms with E-state index in [2.05, 4.69) is 85.5 Å². The highest BCUT2D eigenvalue weighted by atomic mass is 32.2. The molecule has 0 spiro atoms. The van der Waals surface area contributed by atoms with Crippen LogP contribution in [0.25, 0.3) is 0 Å². The second-order valence-corrected chi connectivity index (χ2v) is 6.72. The first kappa shape index (κ1) is 13.5. The lowest BCUT2D eigenvalue weighted by molar-refractivity contribution is 1.14. The molecule has 1 aliphatic rings. The number of hydrogen-bond acceptors (Lipinski definition) is 2. The summed E-state index contributed by atoms with van der Waals surface area (Å²) in [5, 5.41) is 0. The molecular weight excluding hydrogens is 286 g/mol. The number of aryl methyl sites for hydroxylation is 2. The van der Waals surface area contributed by atoms with Gasteiger partial charge in [0.15, 0.2) is 0 Å². The number of fused-ring (bicyclic) bond motifs is 2. The number of nitrogens with zero attached hydrogens (tertiary/aromatic N) is 1. The standard InChI is InChI=1S/C20H17NS/c1-14-7-5-9-16(13-14)21-17-10-3-4-12-19(17)22-20-15(2)8-6-11-18(20)21/h3-13H,1-2H3. The van der Waals surface area contributed by atoms with Crippen molar-refractivity contribution < 1.29 is 0 Å². The summed E-state index contributed by atoms with van der Waals surface area (Å²) in [6, 6.07) is 23.9. The smallest absolute Gasteiger partial charge is 0.0604 e. The molecule has 0 bridgehead atoms. The maximum absolute atomic E-state index is 2.38. The van der Waals surface area contributed by atoms with Crippen molar-refractivity contribution in [2.75, 3.05) is 4.90 Å². The van der Waals surface area contributed by atoms with Crippen LogP contribution in [0.2, 0.25) is 0 Å². The Kier molecular flexibility index (Phi) is 3.20. The second kappa shape index (κ2) is 5.22. The molecule has 0 amide bonds. The third-order valence-electron chi connectivity index (χ3n) is 4.01. The minimum atomic E-state index is 1.22. The lowest BCUT2D eigenvalue weighted by Gasteiger charge is -2.33. The van der Waals surface area contributed by atoms with Crippen LogP contribution < -0.4 is 4.90 Å². The van der Waals surface area contributed by atoms with Crippen molar-refractivity contribution in [1.82, 2.24) is 0 Å². The molecule has 1 heterocycles. The minimum absolute atomic E-state index is 1.22. The largest absolute Gasteiger partial charge is 0.308 e. The van der Waals surface area contributed by atoms with Crippen molar-refractivity contribution in [3.05, 3.63) is 77.9 Å². The van der Waals surface area contributed by atoms with Gasteiger partial charge in [-0.15, -0.1) is 0 Å². The van der Waals surface area contributed by atoms with Crippen LogP contribution in [0.4, 0.5) is 17.1 Å². The maximum atomic E-state index is 2.38. The second-order valence-electron chi connectivity index (χ2n) is 5.67. The van der Waals surface area contributed by atoms with Crippen molar-refractivity contribution in [1.29, 1.82) is 0 Å². The lowest BCUT2D eigenvalue weighted by Crippen LogP contribution is -2.15. The van der Waals surface area contributed by atoms with Gasteiger partial charge in [0.2, 0.25) is 0 Å². The summed E-state index contributed by atoms with van der Waals surface area (Å²) < 4.78 is 0. The quantitative estimate of drug-likeness (QED) is 0.409. The zero-order valence-electron chi connectivity index (χ0n) is 12.7. The average molecular weight is 303 g/mol. The zero-order valence-corrected chi connectivity index (χ0v) is 13.5. The molecule has 0 unspecified atom stereocenters. The molecule has 0 aliphatic carbocycles. The van der Waals surface area contributed by atoms with Gasteiger partial charge in [0.25, 0.3) is 0 Å². The maximum Gasteiger partial charge on any atom is 0.0604 e. The lowest BCUT2D eigenvalue weighted by atomic mass is 10.1. The first-order valence-electron chi connectivity index (χ1n) is 7.47. The first-order valence-corrected chi connectivity index (χ1v) is 8.29. The van der Waals surface area contributed by atoms with E-state index in [1.54, 1.807) is 0 Å². The molecular formula is C20H17NS. The molecule has 0 saturated heterocycles. The van der Waals surface area contributed by atoms with Gasteiger partial charge in [-0.05, 0) is 55.3 Å². The molecule has 0 radical (unpaired) electrons. The summed E-state index contributed by atoms with van der Waals surface area (Å²) in [5.41, 5.74) is 6.36. The van der Waals surface area contributed by atoms with Gasteiger partial charge in [0.1, 0.15) is 0 Å². The fourth-order valence-corrected chi connectivity index (χ4v) is 4.08. The van der Waals surface area contributed by atoms with E-state index in [0.29, 0.717) is 0 Å². The van der Waals surface area contributed by atoms with Crippen LogP contribution in [-0.4, -0.2) is 0 Å². The summed E-state index contributed by atoms with van der Waals surface area (Å²) in [7, 11) is 0. The molecule has 108 valence electrons. The molecule has 0 aromatic heterocycles. The van der Waals surface area contributed by atoms with Crippen LogP contribution in [0, 0.1) is 13.8 Å². The van der Waals surface area contributed by atoms with Crippen molar-refractivity contribution in [3.63, 3.8) is 0 Å². The Labute approximate surface area is 135 Å². The zero-order chi connectivity index (χ0) is 15.1. The van der Waals surface area contributed by atoms with E-state index >= 15 is 0 Å². The van der Waals surface area contributed by atoms with E-state index in [9.17, 15) is 0 Å². The number of benzene rings is 3. The molecule has 1 aliphatic heterocycles. The Morgan fingerprint density at radius 1 is 0.773 bits per heavy atom. The SMILES string of the molecule is Cc1cccc(N2c3ccccc3Sc3c(C)cccc32)c1. The van der Waals surface area contributed by atoms with E-state index in [1.165, 1.54) is 38.0 Å². The van der Waals surface area contributed by atoms with Gasteiger partial charge in [0, 0.05) is 15.5 Å². The fraction of sp³-hybridized carbons (Fsp3) is 0.100. The Morgan fingerprint density at radius 3 is 2.41 bits per heavy atom. The van der Waals surface area contributed by atoms with Crippen molar-refractivity contribution in [3.8, 4) is 0 Å². The van der Waals surface area contributed by atoms with Gasteiger partial charge in [-0.25, -0.2) is 0 Å². The molecule has 22 heavy (non-hydrogen) atoms. The Balaban J connectivity index is 2.00. The van der Waals surface area contributed by atoms with Crippen LogP contribution in [0.15, 0.2) is 76.5 Å². The summed E-state index contributed by atoms with van der Waals surface area (Å²) in [6.45, 7) is 4.33. The van der Waals surface area contributed by atoms with E-state index in [-0.39, 0.29) is 0 Å². The molecule has 0 fully saturated rings. The Hall–Kier alpha value is -2.19. The highest BCUT2D eigenvalue weighted by Crippen LogP contribution is 2.52. The van der Waals surface area contributed by atoms with Gasteiger partial charge in [-0.2, -0.15) is 0 Å². The monoisotopic (exact) mass is 303 g/mol. The highest BCUT2D eigenvalue weighted by molar-refractivity contribution is 7.99. The molecule has 1 nitrogen and oxygen atoms in total. The van der Waals surface area contributed by atoms with Crippen molar-refractivity contribution >= 4 is 28.8 Å². The normalized spacial score (nSPS) is 12.7. The van der Waals surface area contributed by atoms with Crippen LogP contribution in [0.3, 0.4) is 0 Å².